The summed E-state index contributed by atoms with van der Waals surface area (Å²) in [5, 5.41) is 29.5. The number of aliphatic hydroxyl groups is 3. The van der Waals surface area contributed by atoms with Crippen molar-refractivity contribution in [3.8, 4) is 0 Å². The Morgan fingerprint density at radius 3 is 2.33 bits per heavy atom. The van der Waals surface area contributed by atoms with E-state index in [9.17, 15) is 15.3 Å². The van der Waals surface area contributed by atoms with Crippen molar-refractivity contribution in [3.63, 3.8) is 0 Å². The first kappa shape index (κ1) is 23.7. The van der Waals surface area contributed by atoms with E-state index < -0.39 is 17.8 Å². The molecule has 0 aromatic carbocycles. The van der Waals surface area contributed by atoms with Gasteiger partial charge in [-0.25, -0.2) is 0 Å². The largest absolute Gasteiger partial charge is 0.393 e. The lowest BCUT2D eigenvalue weighted by molar-refractivity contribution is 0.00264. The van der Waals surface area contributed by atoms with Crippen LogP contribution in [0.4, 0.5) is 0 Å². The van der Waals surface area contributed by atoms with Gasteiger partial charge in [-0.1, -0.05) is 35.5 Å². The summed E-state index contributed by atoms with van der Waals surface area (Å²) in [6.45, 7) is 4.29. The average Bonchev–Trinajstić information content (AvgIpc) is 2.66. The first-order chi connectivity index (χ1) is 14.2. The molecule has 170 valence electrons. The van der Waals surface area contributed by atoms with E-state index in [1.807, 2.05) is 26.0 Å². The van der Waals surface area contributed by atoms with Crippen LogP contribution >= 0.6 is 0 Å². The van der Waals surface area contributed by atoms with Crippen molar-refractivity contribution in [1.29, 1.82) is 0 Å². The Kier molecular flexibility index (Phi) is 8.37. The van der Waals surface area contributed by atoms with E-state index in [-0.39, 0.29) is 0 Å². The molecule has 3 aliphatic rings. The Labute approximate surface area is 182 Å². The molecule has 0 aromatic rings. The first-order valence-electron chi connectivity index (χ1n) is 12.0. The fourth-order valence-corrected chi connectivity index (χ4v) is 5.46. The van der Waals surface area contributed by atoms with Crippen LogP contribution in [-0.4, -0.2) is 45.8 Å². The van der Waals surface area contributed by atoms with Crippen LogP contribution in [0.15, 0.2) is 35.5 Å². The molecule has 4 heteroatoms. The van der Waals surface area contributed by atoms with Crippen LogP contribution in [0.25, 0.3) is 0 Å². The van der Waals surface area contributed by atoms with Gasteiger partial charge in [0.2, 0.25) is 0 Å². The van der Waals surface area contributed by atoms with Gasteiger partial charge in [-0.05, 0) is 96.3 Å². The van der Waals surface area contributed by atoms with E-state index in [4.69, 9.17) is 4.74 Å². The standard InChI is InChI=1S/C26H42O4/c1-25(2,29)11-3-4-15-30-24-9-13-26(14-10-24)12-5-6-20(19-26)7-8-21-16-22(27)18-23(28)17-21/h3-4,7-8,22-24,27-29H,5-6,9-19H2,1-2H3/b4-3+,20-7+/t22-,23-,24?,26?/m0/s1. The van der Waals surface area contributed by atoms with E-state index in [1.54, 1.807) is 0 Å². The summed E-state index contributed by atoms with van der Waals surface area (Å²) in [5.74, 6) is 0. The van der Waals surface area contributed by atoms with Crippen molar-refractivity contribution >= 4 is 0 Å². The van der Waals surface area contributed by atoms with Gasteiger partial charge in [0.25, 0.3) is 0 Å². The molecule has 1 spiro atoms. The second-order valence-electron chi connectivity index (χ2n) is 10.7. The van der Waals surface area contributed by atoms with Gasteiger partial charge in [0.1, 0.15) is 0 Å². The highest BCUT2D eigenvalue weighted by Gasteiger charge is 2.37. The van der Waals surface area contributed by atoms with E-state index in [1.165, 1.54) is 49.7 Å². The molecule has 0 aromatic heterocycles. The summed E-state index contributed by atoms with van der Waals surface area (Å²) < 4.78 is 6.07. The van der Waals surface area contributed by atoms with E-state index in [0.29, 0.717) is 43.8 Å². The summed E-state index contributed by atoms with van der Waals surface area (Å²) in [5.41, 5.74) is 2.53. The molecule has 3 fully saturated rings. The smallest absolute Gasteiger partial charge is 0.0651 e. The van der Waals surface area contributed by atoms with Gasteiger partial charge in [-0.15, -0.1) is 0 Å². The first-order valence-corrected chi connectivity index (χ1v) is 12.0. The highest BCUT2D eigenvalue weighted by molar-refractivity contribution is 5.22. The predicted octanol–water partition coefficient (Wildman–Crippen LogP) is 4.98. The summed E-state index contributed by atoms with van der Waals surface area (Å²) in [7, 11) is 0. The van der Waals surface area contributed by atoms with Crippen molar-refractivity contribution < 1.29 is 20.1 Å². The van der Waals surface area contributed by atoms with Gasteiger partial charge in [-0.3, -0.25) is 0 Å². The Hall–Kier alpha value is -0.940. The van der Waals surface area contributed by atoms with Gasteiger partial charge >= 0.3 is 0 Å². The lowest BCUT2D eigenvalue weighted by Crippen LogP contribution is -2.33. The summed E-state index contributed by atoms with van der Waals surface area (Å²) in [4.78, 5) is 0. The SMILES string of the molecule is CC(C)(O)C/C=C/COC1CCC2(CCC/C(=C\C=C3C[C@H](O)C[C@@H](O)C3)C2)CC1. The lowest BCUT2D eigenvalue weighted by Gasteiger charge is -2.43. The molecule has 3 aliphatic carbocycles. The Morgan fingerprint density at radius 1 is 1.00 bits per heavy atom. The van der Waals surface area contributed by atoms with Crippen LogP contribution in [0.1, 0.15) is 90.9 Å². The zero-order chi connectivity index (χ0) is 21.6. The number of allylic oxidation sites excluding steroid dienone is 3. The molecule has 4 nitrogen and oxygen atoms in total. The van der Waals surface area contributed by atoms with E-state index in [0.717, 1.165) is 12.8 Å². The molecule has 0 radical (unpaired) electrons. The summed E-state index contributed by atoms with van der Waals surface area (Å²) in [6.07, 6.45) is 20.4. The third-order valence-electron chi connectivity index (χ3n) is 7.11. The fourth-order valence-electron chi connectivity index (χ4n) is 5.46. The van der Waals surface area contributed by atoms with Crippen LogP contribution < -0.4 is 0 Å². The quantitative estimate of drug-likeness (QED) is 0.532. The molecule has 0 amide bonds. The number of hydrogen-bond acceptors (Lipinski definition) is 4. The van der Waals surface area contributed by atoms with Crippen molar-refractivity contribution in [2.24, 2.45) is 5.41 Å². The van der Waals surface area contributed by atoms with Crippen LogP contribution in [0.3, 0.4) is 0 Å². The van der Waals surface area contributed by atoms with Crippen molar-refractivity contribution in [1.82, 2.24) is 0 Å². The Balaban J connectivity index is 1.45. The van der Waals surface area contributed by atoms with Gasteiger partial charge in [-0.2, -0.15) is 0 Å². The maximum atomic E-state index is 9.89. The molecule has 3 saturated carbocycles. The molecule has 0 saturated heterocycles. The minimum absolute atomic E-state index is 0.365. The van der Waals surface area contributed by atoms with Crippen molar-refractivity contribution in [3.05, 3.63) is 35.5 Å². The number of rotatable bonds is 6. The minimum atomic E-state index is -0.646. The topological polar surface area (TPSA) is 69.9 Å². The van der Waals surface area contributed by atoms with Crippen LogP contribution in [0.2, 0.25) is 0 Å². The number of hydrogen-bond donors (Lipinski definition) is 3. The zero-order valence-electron chi connectivity index (χ0n) is 19.0. The zero-order valence-corrected chi connectivity index (χ0v) is 19.0. The molecule has 0 bridgehead atoms. The van der Waals surface area contributed by atoms with Crippen molar-refractivity contribution in [2.75, 3.05) is 6.61 Å². The maximum Gasteiger partial charge on any atom is 0.0651 e. The molecule has 0 heterocycles. The maximum absolute atomic E-state index is 9.89. The van der Waals surface area contributed by atoms with E-state index >= 15 is 0 Å². The third kappa shape index (κ3) is 7.64. The lowest BCUT2D eigenvalue weighted by atomic mass is 9.63. The second-order valence-corrected chi connectivity index (χ2v) is 10.7. The Bertz CT molecular complexity index is 620. The normalized spacial score (nSPS) is 34.8. The third-order valence-corrected chi connectivity index (χ3v) is 7.11. The highest BCUT2D eigenvalue weighted by atomic mass is 16.5. The summed E-state index contributed by atoms with van der Waals surface area (Å²) in [6, 6.07) is 0. The predicted molar refractivity (Wildman–Crippen MR) is 121 cm³/mol. The molecular weight excluding hydrogens is 376 g/mol. The van der Waals surface area contributed by atoms with Crippen LogP contribution in [0, 0.1) is 5.41 Å². The monoisotopic (exact) mass is 418 g/mol. The molecule has 3 rings (SSSR count). The Morgan fingerprint density at radius 2 is 1.67 bits per heavy atom. The highest BCUT2D eigenvalue weighted by Crippen LogP contribution is 2.49. The summed E-state index contributed by atoms with van der Waals surface area (Å²) >= 11 is 0. The molecule has 30 heavy (non-hydrogen) atoms. The van der Waals surface area contributed by atoms with E-state index in [2.05, 4.69) is 12.2 Å². The fraction of sp³-hybridized carbons (Fsp3) is 0.769. The molecule has 0 unspecified atom stereocenters. The molecule has 2 atom stereocenters. The minimum Gasteiger partial charge on any atom is -0.393 e. The van der Waals surface area contributed by atoms with Crippen LogP contribution in [0.5, 0.6) is 0 Å². The molecular formula is C26H42O4. The van der Waals surface area contributed by atoms with Crippen molar-refractivity contribution in [2.45, 2.75) is 115 Å². The average molecular weight is 419 g/mol. The number of aliphatic hydroxyl groups excluding tert-OH is 2. The van der Waals surface area contributed by atoms with Gasteiger partial charge < -0.3 is 20.1 Å². The molecule has 0 aliphatic heterocycles. The molecule has 3 N–H and O–H groups in total. The second kappa shape index (κ2) is 10.6. The van der Waals surface area contributed by atoms with Crippen LogP contribution in [-0.2, 0) is 4.74 Å². The van der Waals surface area contributed by atoms with Gasteiger partial charge in [0.05, 0.1) is 30.5 Å². The van der Waals surface area contributed by atoms with Gasteiger partial charge in [0, 0.05) is 0 Å². The van der Waals surface area contributed by atoms with Gasteiger partial charge in [0.15, 0.2) is 0 Å². The number of ether oxygens (including phenoxy) is 1.